The van der Waals surface area contributed by atoms with Gasteiger partial charge in [-0.15, -0.1) is 0 Å². The molecule has 7 nitrogen and oxygen atoms in total. The van der Waals surface area contributed by atoms with Gasteiger partial charge in [-0.1, -0.05) is 0 Å². The van der Waals surface area contributed by atoms with Crippen molar-refractivity contribution in [2.45, 2.75) is 43.9 Å². The van der Waals surface area contributed by atoms with Crippen molar-refractivity contribution in [2.75, 3.05) is 24.7 Å². The van der Waals surface area contributed by atoms with Crippen molar-refractivity contribution >= 4 is 28.1 Å². The summed E-state index contributed by atoms with van der Waals surface area (Å²) in [5.74, 6) is 1.05. The summed E-state index contributed by atoms with van der Waals surface area (Å²) < 4.78 is 21.2. The third-order valence-electron chi connectivity index (χ3n) is 7.69. The molecule has 4 aromatic rings. The van der Waals surface area contributed by atoms with E-state index in [0.717, 1.165) is 53.8 Å². The molecule has 0 unspecified atom stereocenters. The molecule has 1 saturated carbocycles. The van der Waals surface area contributed by atoms with Gasteiger partial charge in [0, 0.05) is 36.9 Å². The Morgan fingerprint density at radius 3 is 2.69 bits per heavy atom. The van der Waals surface area contributed by atoms with Crippen molar-refractivity contribution in [3.05, 3.63) is 75.2 Å². The molecule has 0 atom stereocenters. The zero-order chi connectivity index (χ0) is 23.7. The minimum Gasteiger partial charge on any atom is -0.381 e. The topological polar surface area (TPSA) is 79.7 Å². The average molecular weight is 473 g/mol. The van der Waals surface area contributed by atoms with E-state index in [-0.39, 0.29) is 23.2 Å². The summed E-state index contributed by atoms with van der Waals surface area (Å²) in [5, 5.41) is 0. The summed E-state index contributed by atoms with van der Waals surface area (Å²) >= 11 is 0. The first kappa shape index (κ1) is 20.8. The van der Waals surface area contributed by atoms with Crippen LogP contribution in [-0.4, -0.2) is 40.0 Å². The fourth-order valence-corrected chi connectivity index (χ4v) is 5.74. The van der Waals surface area contributed by atoms with Crippen LogP contribution in [0.3, 0.4) is 0 Å². The summed E-state index contributed by atoms with van der Waals surface area (Å²) in [6.07, 6.45) is 6.10. The molecule has 1 saturated heterocycles. The van der Waals surface area contributed by atoms with Crippen LogP contribution in [0.25, 0.3) is 16.6 Å². The normalized spacial score (nSPS) is 18.5. The Balaban J connectivity index is 1.40. The van der Waals surface area contributed by atoms with Crippen LogP contribution in [0.4, 0.5) is 10.1 Å². The first-order valence-corrected chi connectivity index (χ1v) is 12.3. The number of ether oxygens (including phenoxy) is 1. The maximum Gasteiger partial charge on any atom is 0.274 e. The van der Waals surface area contributed by atoms with Gasteiger partial charge in [-0.25, -0.2) is 9.37 Å². The first-order chi connectivity index (χ1) is 17.1. The summed E-state index contributed by atoms with van der Waals surface area (Å²) in [7, 11) is 0. The molecule has 1 amide bonds. The standard InChI is InChI=1S/C27H25FN4O3/c28-18-3-4-22-17(11-18)5-8-31(22)27(34)20-12-21-23(13-19(20)15-1-2-15)32-24(26(33)30-21)14-29-25(32)16-6-9-35-10-7-16/h3-4,11-16H,1-2,5-10H2,(H,30,33). The van der Waals surface area contributed by atoms with E-state index in [2.05, 4.69) is 16.0 Å². The number of benzene rings is 2. The Kier molecular flexibility index (Phi) is 4.61. The number of carbonyl (C=O) groups is 1. The number of fused-ring (bicyclic) bond motifs is 4. The zero-order valence-corrected chi connectivity index (χ0v) is 19.2. The van der Waals surface area contributed by atoms with Crippen LogP contribution in [0.5, 0.6) is 0 Å². The van der Waals surface area contributed by atoms with E-state index in [1.165, 1.54) is 12.1 Å². The van der Waals surface area contributed by atoms with Gasteiger partial charge in [0.1, 0.15) is 17.2 Å². The monoisotopic (exact) mass is 472 g/mol. The Bertz CT molecular complexity index is 1560. The molecule has 0 bridgehead atoms. The number of anilines is 1. The van der Waals surface area contributed by atoms with Crippen LogP contribution in [0.2, 0.25) is 0 Å². The number of hydrogen-bond acceptors (Lipinski definition) is 4. The molecule has 35 heavy (non-hydrogen) atoms. The average Bonchev–Trinajstić information content (AvgIpc) is 3.48. The van der Waals surface area contributed by atoms with Crippen LogP contribution >= 0.6 is 0 Å². The molecule has 178 valence electrons. The number of amides is 1. The van der Waals surface area contributed by atoms with Gasteiger partial charge in [0.15, 0.2) is 0 Å². The van der Waals surface area contributed by atoms with E-state index < -0.39 is 0 Å². The van der Waals surface area contributed by atoms with Gasteiger partial charge in [0.25, 0.3) is 11.5 Å². The Hall–Kier alpha value is -3.52. The second-order valence-corrected chi connectivity index (χ2v) is 9.89. The molecule has 2 aromatic carbocycles. The summed E-state index contributed by atoms with van der Waals surface area (Å²) in [6, 6.07) is 8.51. The van der Waals surface area contributed by atoms with E-state index in [0.29, 0.717) is 48.7 Å². The maximum absolute atomic E-state index is 13.8. The zero-order valence-electron chi connectivity index (χ0n) is 19.2. The number of imidazole rings is 1. The van der Waals surface area contributed by atoms with E-state index in [1.54, 1.807) is 17.2 Å². The van der Waals surface area contributed by atoms with Gasteiger partial charge in [-0.2, -0.15) is 0 Å². The highest BCUT2D eigenvalue weighted by molar-refractivity contribution is 6.10. The summed E-state index contributed by atoms with van der Waals surface area (Å²) in [4.78, 5) is 36.2. The van der Waals surface area contributed by atoms with Crippen molar-refractivity contribution in [3.63, 3.8) is 0 Å². The maximum atomic E-state index is 13.8. The second-order valence-electron chi connectivity index (χ2n) is 9.89. The smallest absolute Gasteiger partial charge is 0.274 e. The number of hydrogen-bond donors (Lipinski definition) is 1. The van der Waals surface area contributed by atoms with E-state index >= 15 is 0 Å². The molecule has 2 aliphatic heterocycles. The molecule has 2 aromatic heterocycles. The fourth-order valence-electron chi connectivity index (χ4n) is 5.74. The number of aromatic amines is 1. The lowest BCUT2D eigenvalue weighted by Gasteiger charge is -2.22. The van der Waals surface area contributed by atoms with E-state index in [1.807, 2.05) is 10.5 Å². The van der Waals surface area contributed by atoms with Crippen molar-refractivity contribution in [3.8, 4) is 0 Å². The Labute approximate surface area is 200 Å². The highest BCUT2D eigenvalue weighted by Gasteiger charge is 2.33. The number of nitrogens with one attached hydrogen (secondary N) is 1. The third-order valence-corrected chi connectivity index (χ3v) is 7.69. The molecule has 0 spiro atoms. The lowest BCUT2D eigenvalue weighted by molar-refractivity contribution is 0.0835. The number of nitrogens with zero attached hydrogens (tertiary/aromatic N) is 3. The highest BCUT2D eigenvalue weighted by atomic mass is 19.1. The van der Waals surface area contributed by atoms with Gasteiger partial charge in [-0.05, 0) is 79.5 Å². The molecule has 1 N–H and O–H groups in total. The van der Waals surface area contributed by atoms with Crippen molar-refractivity contribution in [1.82, 2.24) is 14.4 Å². The number of halogens is 1. The van der Waals surface area contributed by atoms with Crippen molar-refractivity contribution < 1.29 is 13.9 Å². The van der Waals surface area contributed by atoms with Crippen LogP contribution in [0, 0.1) is 5.82 Å². The second kappa shape index (κ2) is 7.75. The molecular formula is C27H25FN4O3. The fraction of sp³-hybridized carbons (Fsp3) is 0.370. The Morgan fingerprint density at radius 2 is 1.89 bits per heavy atom. The predicted octanol–water partition coefficient (Wildman–Crippen LogP) is 4.29. The molecule has 0 radical (unpaired) electrons. The molecule has 1 aliphatic carbocycles. The number of rotatable bonds is 3. The van der Waals surface area contributed by atoms with Crippen LogP contribution in [0.1, 0.15) is 64.8 Å². The van der Waals surface area contributed by atoms with E-state index in [9.17, 15) is 14.0 Å². The SMILES string of the molecule is O=C(c1cc2[nH]c(=O)c3cnc(C4CCOCC4)n3c2cc1C1CC1)N1CCc2cc(F)ccc21. The van der Waals surface area contributed by atoms with Crippen LogP contribution in [-0.2, 0) is 11.2 Å². The van der Waals surface area contributed by atoms with Gasteiger partial charge in [0.05, 0.1) is 17.2 Å². The predicted molar refractivity (Wildman–Crippen MR) is 130 cm³/mol. The van der Waals surface area contributed by atoms with Crippen molar-refractivity contribution in [1.29, 1.82) is 0 Å². The third kappa shape index (κ3) is 3.31. The quantitative estimate of drug-likeness (QED) is 0.483. The molecule has 8 heteroatoms. The van der Waals surface area contributed by atoms with Crippen molar-refractivity contribution in [2.24, 2.45) is 0 Å². The number of H-pyrrole nitrogens is 1. The van der Waals surface area contributed by atoms with E-state index in [4.69, 9.17) is 4.74 Å². The lowest BCUT2D eigenvalue weighted by Crippen LogP contribution is -2.30. The molecule has 3 aliphatic rings. The lowest BCUT2D eigenvalue weighted by atomic mass is 9.98. The minimum atomic E-state index is -0.287. The molecule has 4 heterocycles. The Morgan fingerprint density at radius 1 is 1.06 bits per heavy atom. The molecule has 2 fully saturated rings. The minimum absolute atomic E-state index is 0.101. The first-order valence-electron chi connectivity index (χ1n) is 12.3. The number of carbonyl (C=O) groups excluding carboxylic acids is 1. The molecule has 7 rings (SSSR count). The van der Waals surface area contributed by atoms with Gasteiger partial charge >= 0.3 is 0 Å². The van der Waals surface area contributed by atoms with Gasteiger partial charge in [-0.3, -0.25) is 14.0 Å². The van der Waals surface area contributed by atoms with Crippen LogP contribution < -0.4 is 10.5 Å². The summed E-state index contributed by atoms with van der Waals surface area (Å²) in [6.45, 7) is 1.90. The molecular weight excluding hydrogens is 447 g/mol. The van der Waals surface area contributed by atoms with Gasteiger partial charge < -0.3 is 14.6 Å². The largest absolute Gasteiger partial charge is 0.381 e. The number of aromatic nitrogens is 3. The summed E-state index contributed by atoms with van der Waals surface area (Å²) in [5.41, 5.74) is 5.04. The van der Waals surface area contributed by atoms with Gasteiger partial charge in [0.2, 0.25) is 0 Å². The van der Waals surface area contributed by atoms with Crippen LogP contribution in [0.15, 0.2) is 41.3 Å². The highest BCUT2D eigenvalue weighted by Crippen LogP contribution is 2.44.